The van der Waals surface area contributed by atoms with Gasteiger partial charge in [-0.15, -0.1) is 0 Å². The molecule has 1 amide bonds. The third kappa shape index (κ3) is 3.34. The summed E-state index contributed by atoms with van der Waals surface area (Å²) in [5.41, 5.74) is 4.70. The fraction of sp³-hybridized carbons (Fsp3) is 0.167. The molecule has 2 aromatic heterocycles. The first kappa shape index (κ1) is 17.8. The zero-order valence-electron chi connectivity index (χ0n) is 14.5. The van der Waals surface area contributed by atoms with E-state index in [0.717, 1.165) is 0 Å². The summed E-state index contributed by atoms with van der Waals surface area (Å²) in [6, 6.07) is 8.83. The number of aromatic nitrogens is 2. The Balaban J connectivity index is 1.87. The summed E-state index contributed by atoms with van der Waals surface area (Å²) in [4.78, 5) is 16.9. The predicted octanol–water partition coefficient (Wildman–Crippen LogP) is 3.08. The maximum absolute atomic E-state index is 12.6. The number of aryl methyl sites for hydroxylation is 1. The number of carbonyl (C=O) groups is 1. The van der Waals surface area contributed by atoms with E-state index in [2.05, 4.69) is 15.5 Å². The van der Waals surface area contributed by atoms with Gasteiger partial charge in [0.05, 0.1) is 36.7 Å². The van der Waals surface area contributed by atoms with Gasteiger partial charge in [0.15, 0.2) is 0 Å². The fourth-order valence-electron chi connectivity index (χ4n) is 2.63. The molecular formula is C18H17ClN4O3. The van der Waals surface area contributed by atoms with Gasteiger partial charge >= 0.3 is 0 Å². The van der Waals surface area contributed by atoms with Crippen LogP contribution in [0.4, 0.5) is 0 Å². The Morgan fingerprint density at radius 1 is 1.23 bits per heavy atom. The number of ether oxygens (including phenoxy) is 2. The van der Waals surface area contributed by atoms with Crippen molar-refractivity contribution in [3.05, 3.63) is 58.5 Å². The molecule has 0 unspecified atom stereocenters. The molecule has 0 spiro atoms. The Bertz CT molecular complexity index is 975. The van der Waals surface area contributed by atoms with Crippen LogP contribution in [0.1, 0.15) is 21.7 Å². The van der Waals surface area contributed by atoms with Gasteiger partial charge in [0.25, 0.3) is 5.91 Å². The van der Waals surface area contributed by atoms with Crippen molar-refractivity contribution in [2.45, 2.75) is 6.92 Å². The zero-order chi connectivity index (χ0) is 18.7. The Labute approximate surface area is 155 Å². The molecule has 1 N–H and O–H groups in total. The van der Waals surface area contributed by atoms with Crippen LogP contribution < -0.4 is 14.9 Å². The molecule has 0 fully saturated rings. The van der Waals surface area contributed by atoms with Crippen molar-refractivity contribution in [3.8, 4) is 11.5 Å². The molecule has 8 heteroatoms. The zero-order valence-corrected chi connectivity index (χ0v) is 15.2. The summed E-state index contributed by atoms with van der Waals surface area (Å²) in [5, 5.41) is 4.53. The molecule has 3 aromatic rings. The number of nitrogens with zero attached hydrogens (tertiary/aromatic N) is 3. The summed E-state index contributed by atoms with van der Waals surface area (Å²) in [5.74, 6) is 0.766. The van der Waals surface area contributed by atoms with Gasteiger partial charge in [0.2, 0.25) is 0 Å². The topological polar surface area (TPSA) is 77.2 Å². The number of carbonyl (C=O) groups excluding carboxylic acids is 1. The number of benzene rings is 1. The molecule has 26 heavy (non-hydrogen) atoms. The van der Waals surface area contributed by atoms with Crippen LogP contribution in [-0.4, -0.2) is 35.7 Å². The number of methoxy groups -OCH3 is 2. The molecule has 3 rings (SSSR count). The SMILES string of the molecule is COc1cccc(OC)c1/C=N\NC(=O)c1c(C)nc2ccc(Cl)cn12. The van der Waals surface area contributed by atoms with Crippen LogP contribution in [0.3, 0.4) is 0 Å². The van der Waals surface area contributed by atoms with Crippen LogP contribution in [0.2, 0.25) is 5.02 Å². The first-order valence-corrected chi connectivity index (χ1v) is 8.11. The number of fused-ring (bicyclic) bond motifs is 1. The average molecular weight is 373 g/mol. The molecule has 0 aliphatic rings. The van der Waals surface area contributed by atoms with Crippen molar-refractivity contribution in [1.29, 1.82) is 0 Å². The quantitative estimate of drug-likeness (QED) is 0.551. The van der Waals surface area contributed by atoms with Crippen molar-refractivity contribution in [1.82, 2.24) is 14.8 Å². The second-order valence-corrected chi connectivity index (χ2v) is 5.83. The number of nitrogens with one attached hydrogen (secondary N) is 1. The van der Waals surface area contributed by atoms with Gasteiger partial charge in [0.1, 0.15) is 22.8 Å². The third-order valence-corrected chi connectivity index (χ3v) is 4.02. The molecular weight excluding hydrogens is 356 g/mol. The number of hydrogen-bond acceptors (Lipinski definition) is 5. The van der Waals surface area contributed by atoms with Crippen molar-refractivity contribution in [2.75, 3.05) is 14.2 Å². The molecule has 2 heterocycles. The molecule has 0 radical (unpaired) electrons. The lowest BCUT2D eigenvalue weighted by atomic mass is 10.2. The Kier molecular flexibility index (Phi) is 5.09. The van der Waals surface area contributed by atoms with Gasteiger partial charge in [-0.25, -0.2) is 10.4 Å². The minimum atomic E-state index is -0.401. The van der Waals surface area contributed by atoms with Crippen LogP contribution in [0.5, 0.6) is 11.5 Å². The van der Waals surface area contributed by atoms with Crippen molar-refractivity contribution in [2.24, 2.45) is 5.10 Å². The average Bonchev–Trinajstić information content (AvgIpc) is 2.96. The molecule has 0 saturated carbocycles. The van der Waals surface area contributed by atoms with Crippen LogP contribution in [0.15, 0.2) is 41.6 Å². The second kappa shape index (κ2) is 7.45. The Hall–Kier alpha value is -3.06. The summed E-state index contributed by atoms with van der Waals surface area (Å²) < 4.78 is 12.2. The van der Waals surface area contributed by atoms with Gasteiger partial charge in [-0.05, 0) is 31.2 Å². The summed E-state index contributed by atoms with van der Waals surface area (Å²) >= 11 is 6.02. The number of amides is 1. The number of halogens is 1. The summed E-state index contributed by atoms with van der Waals surface area (Å²) in [6.45, 7) is 1.75. The van der Waals surface area contributed by atoms with E-state index < -0.39 is 5.91 Å². The first-order chi connectivity index (χ1) is 12.5. The molecule has 1 aromatic carbocycles. The minimum Gasteiger partial charge on any atom is -0.496 e. The van der Waals surface area contributed by atoms with E-state index in [4.69, 9.17) is 21.1 Å². The van der Waals surface area contributed by atoms with E-state index in [-0.39, 0.29) is 0 Å². The van der Waals surface area contributed by atoms with Gasteiger partial charge in [0, 0.05) is 6.20 Å². The van der Waals surface area contributed by atoms with Gasteiger partial charge in [-0.2, -0.15) is 5.10 Å². The van der Waals surface area contributed by atoms with Crippen molar-refractivity contribution < 1.29 is 14.3 Å². The molecule has 7 nitrogen and oxygen atoms in total. The lowest BCUT2D eigenvalue weighted by Gasteiger charge is -2.09. The number of pyridine rings is 1. The lowest BCUT2D eigenvalue weighted by molar-refractivity contribution is 0.0948. The fourth-order valence-corrected chi connectivity index (χ4v) is 2.79. The highest BCUT2D eigenvalue weighted by atomic mass is 35.5. The molecule has 134 valence electrons. The van der Waals surface area contributed by atoms with E-state index in [9.17, 15) is 4.79 Å². The second-order valence-electron chi connectivity index (χ2n) is 5.40. The van der Waals surface area contributed by atoms with E-state index >= 15 is 0 Å². The Morgan fingerprint density at radius 2 is 1.92 bits per heavy atom. The summed E-state index contributed by atoms with van der Waals surface area (Å²) in [6.07, 6.45) is 3.11. The highest BCUT2D eigenvalue weighted by Gasteiger charge is 2.16. The maximum Gasteiger partial charge on any atom is 0.290 e. The van der Waals surface area contributed by atoms with E-state index in [1.165, 1.54) is 6.21 Å². The van der Waals surface area contributed by atoms with Gasteiger partial charge < -0.3 is 9.47 Å². The Morgan fingerprint density at radius 3 is 2.58 bits per heavy atom. The number of hydrogen-bond donors (Lipinski definition) is 1. The molecule has 0 saturated heterocycles. The highest BCUT2D eigenvalue weighted by Crippen LogP contribution is 2.26. The highest BCUT2D eigenvalue weighted by molar-refractivity contribution is 6.30. The van der Waals surface area contributed by atoms with E-state index in [1.54, 1.807) is 62.1 Å². The molecule has 0 aliphatic heterocycles. The van der Waals surface area contributed by atoms with Crippen molar-refractivity contribution >= 4 is 29.4 Å². The smallest absolute Gasteiger partial charge is 0.290 e. The maximum atomic E-state index is 12.6. The van der Waals surface area contributed by atoms with Crippen molar-refractivity contribution in [3.63, 3.8) is 0 Å². The van der Waals surface area contributed by atoms with Crippen LogP contribution in [-0.2, 0) is 0 Å². The standard InChI is InChI=1S/C18H17ClN4O3/c1-11-17(23-10-12(19)7-8-16(23)21-11)18(24)22-20-9-13-14(25-2)5-4-6-15(13)26-3/h4-10H,1-3H3,(H,22,24)/b20-9-. The number of hydrazone groups is 1. The predicted molar refractivity (Wildman–Crippen MR) is 99.5 cm³/mol. The summed E-state index contributed by atoms with van der Waals surface area (Å²) in [7, 11) is 3.10. The lowest BCUT2D eigenvalue weighted by Crippen LogP contribution is -2.20. The largest absolute Gasteiger partial charge is 0.496 e. The number of imidazole rings is 1. The monoisotopic (exact) mass is 372 g/mol. The first-order valence-electron chi connectivity index (χ1n) is 7.73. The van der Waals surface area contributed by atoms with Crippen LogP contribution >= 0.6 is 11.6 Å². The van der Waals surface area contributed by atoms with E-state index in [0.29, 0.717) is 39.1 Å². The van der Waals surface area contributed by atoms with Crippen LogP contribution in [0.25, 0.3) is 5.65 Å². The normalized spacial score (nSPS) is 11.1. The minimum absolute atomic E-state index is 0.367. The molecule has 0 bridgehead atoms. The van der Waals surface area contributed by atoms with Crippen LogP contribution in [0, 0.1) is 6.92 Å². The third-order valence-electron chi connectivity index (χ3n) is 3.80. The van der Waals surface area contributed by atoms with Gasteiger partial charge in [-0.1, -0.05) is 17.7 Å². The number of rotatable bonds is 5. The molecule has 0 aliphatic carbocycles. The molecule has 0 atom stereocenters. The van der Waals surface area contributed by atoms with E-state index in [1.807, 2.05) is 0 Å². The van der Waals surface area contributed by atoms with Gasteiger partial charge in [-0.3, -0.25) is 9.20 Å².